The van der Waals surface area contributed by atoms with Gasteiger partial charge in [0, 0.05) is 12.4 Å². The molecule has 0 saturated heterocycles. The van der Waals surface area contributed by atoms with Gasteiger partial charge in [-0.1, -0.05) is 25.4 Å². The smallest absolute Gasteiger partial charge is 0.156 e. The second kappa shape index (κ2) is 3.28. The molecule has 2 heterocycles. The lowest BCUT2D eigenvalue weighted by Gasteiger charge is -2.08. The molecule has 2 nitrogen and oxygen atoms in total. The number of hydrogen-bond acceptors (Lipinski definition) is 1. The van der Waals surface area contributed by atoms with Crippen LogP contribution in [0.1, 0.15) is 31.0 Å². The summed E-state index contributed by atoms with van der Waals surface area (Å²) in [5, 5.41) is 0.774. The molecule has 14 heavy (non-hydrogen) atoms. The molecule has 2 rings (SSSR count). The summed E-state index contributed by atoms with van der Waals surface area (Å²) in [4.78, 5) is 4.39. The summed E-state index contributed by atoms with van der Waals surface area (Å²) in [6.45, 7) is 6.24. The molecule has 0 amide bonds. The summed E-state index contributed by atoms with van der Waals surface area (Å²) >= 11 is 6.27. The summed E-state index contributed by atoms with van der Waals surface area (Å²) < 4.78 is 1.96. The fourth-order valence-corrected chi connectivity index (χ4v) is 2.02. The number of rotatable bonds is 1. The first-order chi connectivity index (χ1) is 6.59. The van der Waals surface area contributed by atoms with Crippen LogP contribution in [0.2, 0.25) is 5.02 Å². The lowest BCUT2D eigenvalue weighted by molar-refractivity contribution is 0.863. The Balaban J connectivity index is 2.74. The number of aryl methyl sites for hydroxylation is 1. The zero-order valence-corrected chi connectivity index (χ0v) is 9.34. The Bertz CT molecular complexity index is 471. The molecule has 0 aromatic carbocycles. The number of nitrogens with zero attached hydrogens (tertiary/aromatic N) is 2. The van der Waals surface area contributed by atoms with Crippen LogP contribution in [0.15, 0.2) is 18.5 Å². The van der Waals surface area contributed by atoms with Gasteiger partial charge < -0.3 is 4.40 Å². The van der Waals surface area contributed by atoms with Gasteiger partial charge in [0.1, 0.15) is 0 Å². The molecule has 2 aromatic heterocycles. The van der Waals surface area contributed by atoms with E-state index in [0.717, 1.165) is 21.9 Å². The summed E-state index contributed by atoms with van der Waals surface area (Å²) in [5.41, 5.74) is 3.01. The maximum absolute atomic E-state index is 6.27. The number of hydrogen-bond donors (Lipinski definition) is 0. The van der Waals surface area contributed by atoms with Crippen LogP contribution < -0.4 is 0 Å². The van der Waals surface area contributed by atoms with Crippen molar-refractivity contribution in [2.75, 3.05) is 0 Å². The van der Waals surface area contributed by atoms with Gasteiger partial charge in [-0.3, -0.25) is 0 Å². The van der Waals surface area contributed by atoms with Crippen LogP contribution in [0, 0.1) is 6.92 Å². The molecule has 0 spiro atoms. The third-order valence-electron chi connectivity index (χ3n) is 2.34. The molecule has 0 atom stereocenters. The first kappa shape index (κ1) is 9.53. The minimum atomic E-state index is 0.435. The molecule has 0 bridgehead atoms. The van der Waals surface area contributed by atoms with Gasteiger partial charge in [0.15, 0.2) is 5.65 Å². The third kappa shape index (κ3) is 1.40. The summed E-state index contributed by atoms with van der Waals surface area (Å²) in [5.74, 6) is 0.435. The average molecular weight is 209 g/mol. The lowest BCUT2D eigenvalue weighted by Crippen LogP contribution is -1.93. The van der Waals surface area contributed by atoms with Crippen LogP contribution in [-0.2, 0) is 0 Å². The SMILES string of the molecule is Cc1cn2ccc(C(C)C)c(Cl)c2n1. The molecule has 0 radical (unpaired) electrons. The maximum atomic E-state index is 6.27. The molecule has 0 aliphatic carbocycles. The molecular formula is C11H13ClN2. The number of aromatic nitrogens is 2. The van der Waals surface area contributed by atoms with E-state index >= 15 is 0 Å². The van der Waals surface area contributed by atoms with Gasteiger partial charge >= 0.3 is 0 Å². The Morgan fingerprint density at radius 2 is 2.14 bits per heavy atom. The van der Waals surface area contributed by atoms with E-state index in [0.29, 0.717) is 5.92 Å². The standard InChI is InChI=1S/C11H13ClN2/c1-7(2)9-4-5-14-6-8(3)13-11(14)10(9)12/h4-7H,1-3H3. The molecule has 2 aromatic rings. The van der Waals surface area contributed by atoms with Gasteiger partial charge in [-0.2, -0.15) is 0 Å². The highest BCUT2D eigenvalue weighted by molar-refractivity contribution is 6.34. The van der Waals surface area contributed by atoms with Crippen LogP contribution in [0.5, 0.6) is 0 Å². The van der Waals surface area contributed by atoms with Crippen molar-refractivity contribution in [3.05, 3.63) is 34.7 Å². The highest BCUT2D eigenvalue weighted by Gasteiger charge is 2.10. The molecule has 0 aliphatic rings. The molecular weight excluding hydrogens is 196 g/mol. The minimum absolute atomic E-state index is 0.435. The predicted octanol–water partition coefficient (Wildman–Crippen LogP) is 3.42. The molecule has 74 valence electrons. The van der Waals surface area contributed by atoms with Gasteiger partial charge in [0.2, 0.25) is 0 Å². The molecule has 0 saturated carbocycles. The van der Waals surface area contributed by atoms with Gasteiger partial charge in [0.05, 0.1) is 10.7 Å². The van der Waals surface area contributed by atoms with Crippen molar-refractivity contribution in [3.8, 4) is 0 Å². The van der Waals surface area contributed by atoms with Crippen molar-refractivity contribution in [2.45, 2.75) is 26.7 Å². The van der Waals surface area contributed by atoms with Crippen molar-refractivity contribution in [1.29, 1.82) is 0 Å². The van der Waals surface area contributed by atoms with Gasteiger partial charge in [-0.05, 0) is 24.5 Å². The molecule has 0 N–H and O–H groups in total. The second-order valence-corrected chi connectivity index (χ2v) is 4.23. The topological polar surface area (TPSA) is 17.3 Å². The number of pyridine rings is 1. The zero-order chi connectivity index (χ0) is 10.3. The van der Waals surface area contributed by atoms with Crippen LogP contribution in [-0.4, -0.2) is 9.38 Å². The Morgan fingerprint density at radius 3 is 2.79 bits per heavy atom. The quantitative estimate of drug-likeness (QED) is 0.702. The van der Waals surface area contributed by atoms with Crippen LogP contribution in [0.25, 0.3) is 5.65 Å². The maximum Gasteiger partial charge on any atom is 0.156 e. The fourth-order valence-electron chi connectivity index (χ4n) is 1.60. The van der Waals surface area contributed by atoms with Crippen molar-refractivity contribution in [3.63, 3.8) is 0 Å². The summed E-state index contributed by atoms with van der Waals surface area (Å²) in [7, 11) is 0. The molecule has 0 fully saturated rings. The Labute approximate surface area is 88.5 Å². The summed E-state index contributed by atoms with van der Waals surface area (Å²) in [6, 6.07) is 2.06. The van der Waals surface area contributed by atoms with Crippen LogP contribution >= 0.6 is 11.6 Å². The van der Waals surface area contributed by atoms with Gasteiger partial charge in [-0.15, -0.1) is 0 Å². The number of fused-ring (bicyclic) bond motifs is 1. The van der Waals surface area contributed by atoms with E-state index in [-0.39, 0.29) is 0 Å². The third-order valence-corrected chi connectivity index (χ3v) is 2.73. The van der Waals surface area contributed by atoms with Crippen molar-refractivity contribution in [2.24, 2.45) is 0 Å². The average Bonchev–Trinajstić information content (AvgIpc) is 2.46. The first-order valence-electron chi connectivity index (χ1n) is 4.73. The largest absolute Gasteiger partial charge is 0.306 e. The van der Waals surface area contributed by atoms with Crippen LogP contribution in [0.3, 0.4) is 0 Å². The lowest BCUT2D eigenvalue weighted by atomic mass is 10.1. The molecule has 0 aliphatic heterocycles. The fraction of sp³-hybridized carbons (Fsp3) is 0.364. The first-order valence-corrected chi connectivity index (χ1v) is 5.11. The van der Waals surface area contributed by atoms with E-state index in [1.54, 1.807) is 0 Å². The summed E-state index contributed by atoms with van der Waals surface area (Å²) in [6.07, 6.45) is 3.99. The van der Waals surface area contributed by atoms with Crippen molar-refractivity contribution >= 4 is 17.2 Å². The predicted molar refractivity (Wildman–Crippen MR) is 59.0 cm³/mol. The second-order valence-electron chi connectivity index (χ2n) is 3.85. The highest BCUT2D eigenvalue weighted by atomic mass is 35.5. The zero-order valence-electron chi connectivity index (χ0n) is 8.58. The van der Waals surface area contributed by atoms with E-state index in [2.05, 4.69) is 24.9 Å². The van der Waals surface area contributed by atoms with Crippen molar-refractivity contribution < 1.29 is 0 Å². The van der Waals surface area contributed by atoms with E-state index in [4.69, 9.17) is 11.6 Å². The highest BCUT2D eigenvalue weighted by Crippen LogP contribution is 2.27. The normalized spacial score (nSPS) is 11.5. The van der Waals surface area contributed by atoms with Gasteiger partial charge in [-0.25, -0.2) is 4.98 Å². The van der Waals surface area contributed by atoms with Crippen LogP contribution in [0.4, 0.5) is 0 Å². The van der Waals surface area contributed by atoms with E-state index in [9.17, 15) is 0 Å². The molecule has 3 heteroatoms. The van der Waals surface area contributed by atoms with Gasteiger partial charge in [0.25, 0.3) is 0 Å². The van der Waals surface area contributed by atoms with Crippen molar-refractivity contribution in [1.82, 2.24) is 9.38 Å². The monoisotopic (exact) mass is 208 g/mol. The number of halogens is 1. The Morgan fingerprint density at radius 1 is 1.43 bits per heavy atom. The van der Waals surface area contributed by atoms with E-state index < -0.39 is 0 Å². The Hall–Kier alpha value is -1.02. The molecule has 0 unspecified atom stereocenters. The minimum Gasteiger partial charge on any atom is -0.306 e. The number of imidazole rings is 1. The van der Waals surface area contributed by atoms with E-state index in [1.165, 1.54) is 0 Å². The Kier molecular flexibility index (Phi) is 2.23. The van der Waals surface area contributed by atoms with E-state index in [1.807, 2.05) is 23.7 Å².